The van der Waals surface area contributed by atoms with Crippen molar-refractivity contribution < 1.29 is 9.59 Å². The highest BCUT2D eigenvalue weighted by atomic mass is 32.1. The van der Waals surface area contributed by atoms with Crippen LogP contribution in [0.4, 0.5) is 0 Å². The summed E-state index contributed by atoms with van der Waals surface area (Å²) >= 11 is 1.37. The van der Waals surface area contributed by atoms with Gasteiger partial charge in [0.25, 0.3) is 5.91 Å². The zero-order valence-electron chi connectivity index (χ0n) is 12.7. The Kier molecular flexibility index (Phi) is 4.61. The lowest BCUT2D eigenvalue weighted by Gasteiger charge is -2.22. The van der Waals surface area contributed by atoms with Crippen molar-refractivity contribution in [1.29, 1.82) is 0 Å². The summed E-state index contributed by atoms with van der Waals surface area (Å²) in [4.78, 5) is 38.1. The van der Waals surface area contributed by atoms with E-state index < -0.39 is 0 Å². The second-order valence-corrected chi connectivity index (χ2v) is 6.08. The maximum absolute atomic E-state index is 11.9. The Morgan fingerprint density at radius 2 is 2.30 bits per heavy atom. The zero-order valence-corrected chi connectivity index (χ0v) is 13.5. The van der Waals surface area contributed by atoms with E-state index in [1.54, 1.807) is 30.2 Å². The lowest BCUT2D eigenvalue weighted by Crippen LogP contribution is -2.29. The molecule has 2 aromatic heterocycles. The van der Waals surface area contributed by atoms with Crippen molar-refractivity contribution in [2.45, 2.75) is 32.4 Å². The van der Waals surface area contributed by atoms with Crippen LogP contribution in [0.25, 0.3) is 0 Å². The summed E-state index contributed by atoms with van der Waals surface area (Å²) < 4.78 is 0. The van der Waals surface area contributed by atoms with E-state index in [-0.39, 0.29) is 24.4 Å². The molecule has 120 valence electrons. The van der Waals surface area contributed by atoms with E-state index in [1.165, 1.54) is 11.3 Å². The van der Waals surface area contributed by atoms with Crippen LogP contribution in [-0.4, -0.2) is 38.2 Å². The average molecular weight is 331 g/mol. The van der Waals surface area contributed by atoms with Gasteiger partial charge in [0.1, 0.15) is 5.69 Å². The molecule has 0 radical (unpaired) electrons. The molecule has 2 aromatic rings. The maximum Gasteiger partial charge on any atom is 0.271 e. The fraction of sp³-hybridized carbons (Fsp3) is 0.400. The topological polar surface area (TPSA) is 88.1 Å². The van der Waals surface area contributed by atoms with Crippen molar-refractivity contribution in [2.75, 3.05) is 6.54 Å². The molecule has 1 saturated heterocycles. The van der Waals surface area contributed by atoms with Gasteiger partial charge in [-0.1, -0.05) is 0 Å². The Balaban J connectivity index is 1.68. The van der Waals surface area contributed by atoms with Gasteiger partial charge in [-0.05, 0) is 12.8 Å². The van der Waals surface area contributed by atoms with Gasteiger partial charge in [-0.25, -0.2) is 4.98 Å². The number of aromatic nitrogens is 3. The molecule has 1 unspecified atom stereocenters. The van der Waals surface area contributed by atoms with Crippen LogP contribution in [0.5, 0.6) is 0 Å². The minimum Gasteiger partial charge on any atom is -0.345 e. The predicted octanol–water partition coefficient (Wildman–Crippen LogP) is 1.55. The molecular weight excluding hydrogens is 314 g/mol. The lowest BCUT2D eigenvalue weighted by atomic mass is 10.1. The van der Waals surface area contributed by atoms with Gasteiger partial charge in [0.05, 0.1) is 41.9 Å². The first-order chi connectivity index (χ1) is 11.1. The second-order valence-electron chi connectivity index (χ2n) is 5.36. The first kappa shape index (κ1) is 15.5. The maximum atomic E-state index is 11.9. The number of nitrogens with zero attached hydrogens (tertiary/aromatic N) is 4. The van der Waals surface area contributed by atoms with Gasteiger partial charge in [-0.2, -0.15) is 0 Å². The van der Waals surface area contributed by atoms with Crippen LogP contribution in [0, 0.1) is 0 Å². The SMILES string of the molecule is CC(=O)N1CCCC1c1cncc(CNC(=O)c2cscn2)n1. The van der Waals surface area contributed by atoms with Crippen LogP contribution in [0.2, 0.25) is 0 Å². The molecule has 1 aliphatic heterocycles. The van der Waals surface area contributed by atoms with E-state index in [1.807, 2.05) is 4.90 Å². The molecule has 7 nitrogen and oxygen atoms in total. The largest absolute Gasteiger partial charge is 0.345 e. The van der Waals surface area contributed by atoms with Gasteiger partial charge in [0.2, 0.25) is 5.91 Å². The summed E-state index contributed by atoms with van der Waals surface area (Å²) in [6, 6.07) is -0.0193. The van der Waals surface area contributed by atoms with E-state index in [9.17, 15) is 9.59 Å². The van der Waals surface area contributed by atoms with Gasteiger partial charge < -0.3 is 10.2 Å². The van der Waals surface area contributed by atoms with Crippen LogP contribution < -0.4 is 5.32 Å². The molecule has 0 aliphatic carbocycles. The Bertz CT molecular complexity index is 704. The van der Waals surface area contributed by atoms with Crippen molar-refractivity contribution in [3.05, 3.63) is 40.4 Å². The smallest absolute Gasteiger partial charge is 0.271 e. The molecule has 23 heavy (non-hydrogen) atoms. The molecule has 3 rings (SSSR count). The van der Waals surface area contributed by atoms with E-state index in [4.69, 9.17) is 0 Å². The number of likely N-dealkylation sites (tertiary alicyclic amines) is 1. The second kappa shape index (κ2) is 6.82. The Labute approximate surface area is 137 Å². The number of carbonyl (C=O) groups excluding carboxylic acids is 2. The first-order valence-electron chi connectivity index (χ1n) is 7.39. The third-order valence-electron chi connectivity index (χ3n) is 3.80. The number of hydrogen-bond acceptors (Lipinski definition) is 6. The van der Waals surface area contributed by atoms with Crippen molar-refractivity contribution in [1.82, 2.24) is 25.2 Å². The highest BCUT2D eigenvalue weighted by molar-refractivity contribution is 7.07. The molecule has 2 amide bonds. The van der Waals surface area contributed by atoms with Crippen LogP contribution in [0.15, 0.2) is 23.3 Å². The number of thiazole rings is 1. The van der Waals surface area contributed by atoms with Gasteiger partial charge in [-0.15, -0.1) is 11.3 Å². The highest BCUT2D eigenvalue weighted by Gasteiger charge is 2.29. The number of amides is 2. The van der Waals surface area contributed by atoms with E-state index in [0.29, 0.717) is 11.4 Å². The van der Waals surface area contributed by atoms with Crippen molar-refractivity contribution >= 4 is 23.2 Å². The van der Waals surface area contributed by atoms with Gasteiger partial charge in [0, 0.05) is 18.8 Å². The third kappa shape index (κ3) is 3.53. The van der Waals surface area contributed by atoms with Crippen LogP contribution >= 0.6 is 11.3 Å². The monoisotopic (exact) mass is 331 g/mol. The summed E-state index contributed by atoms with van der Waals surface area (Å²) in [5, 5.41) is 4.47. The van der Waals surface area contributed by atoms with E-state index in [0.717, 1.165) is 25.1 Å². The fourth-order valence-corrected chi connectivity index (χ4v) is 3.24. The summed E-state index contributed by atoms with van der Waals surface area (Å²) in [5.74, 6) is -0.179. The Hall–Kier alpha value is -2.35. The first-order valence-corrected chi connectivity index (χ1v) is 8.34. The highest BCUT2D eigenvalue weighted by Crippen LogP contribution is 2.30. The fourth-order valence-electron chi connectivity index (χ4n) is 2.71. The van der Waals surface area contributed by atoms with E-state index >= 15 is 0 Å². The Morgan fingerprint density at radius 1 is 1.43 bits per heavy atom. The minimum atomic E-state index is -0.232. The van der Waals surface area contributed by atoms with Crippen molar-refractivity contribution in [2.24, 2.45) is 0 Å². The summed E-state index contributed by atoms with van der Waals surface area (Å²) in [6.07, 6.45) is 5.18. The minimum absolute atomic E-state index is 0.0193. The lowest BCUT2D eigenvalue weighted by molar-refractivity contribution is -0.129. The molecule has 3 heterocycles. The Morgan fingerprint density at radius 3 is 3.04 bits per heavy atom. The molecule has 8 heteroatoms. The normalized spacial score (nSPS) is 17.3. The number of carbonyl (C=O) groups is 2. The van der Waals surface area contributed by atoms with Gasteiger partial charge >= 0.3 is 0 Å². The standard InChI is InChI=1S/C15H17N5O2S/c1-10(21)20-4-2-3-14(20)12-7-16-5-11(19-12)6-17-15(22)13-8-23-9-18-13/h5,7-9,14H,2-4,6H2,1H3,(H,17,22). The molecule has 1 N–H and O–H groups in total. The molecule has 1 aliphatic rings. The molecular formula is C15H17N5O2S. The van der Waals surface area contributed by atoms with Gasteiger partial charge in [-0.3, -0.25) is 19.6 Å². The molecule has 1 fully saturated rings. The average Bonchev–Trinajstić information content (AvgIpc) is 3.23. The molecule has 1 atom stereocenters. The van der Waals surface area contributed by atoms with Crippen LogP contribution in [-0.2, 0) is 11.3 Å². The summed E-state index contributed by atoms with van der Waals surface area (Å²) in [6.45, 7) is 2.61. The number of rotatable bonds is 4. The molecule has 0 aromatic carbocycles. The van der Waals surface area contributed by atoms with Crippen LogP contribution in [0.1, 0.15) is 47.7 Å². The quantitative estimate of drug-likeness (QED) is 0.918. The van der Waals surface area contributed by atoms with Gasteiger partial charge in [0.15, 0.2) is 0 Å². The number of hydrogen-bond donors (Lipinski definition) is 1. The summed E-state index contributed by atoms with van der Waals surface area (Å²) in [7, 11) is 0. The predicted molar refractivity (Wildman–Crippen MR) is 84.7 cm³/mol. The number of nitrogens with one attached hydrogen (secondary N) is 1. The van der Waals surface area contributed by atoms with Crippen molar-refractivity contribution in [3.8, 4) is 0 Å². The third-order valence-corrected chi connectivity index (χ3v) is 4.38. The van der Waals surface area contributed by atoms with Crippen LogP contribution in [0.3, 0.4) is 0 Å². The summed E-state index contributed by atoms with van der Waals surface area (Å²) in [5.41, 5.74) is 3.46. The molecule has 0 spiro atoms. The molecule has 0 saturated carbocycles. The van der Waals surface area contributed by atoms with E-state index in [2.05, 4.69) is 20.3 Å². The molecule has 0 bridgehead atoms. The zero-order chi connectivity index (χ0) is 16.2. The van der Waals surface area contributed by atoms with Crippen molar-refractivity contribution in [3.63, 3.8) is 0 Å².